The van der Waals surface area contributed by atoms with Gasteiger partial charge in [-0.1, -0.05) is 6.92 Å². The van der Waals surface area contributed by atoms with Crippen molar-refractivity contribution in [2.75, 3.05) is 7.11 Å². The van der Waals surface area contributed by atoms with E-state index < -0.39 is 0 Å². The number of ether oxygens (including phenoxy) is 1. The first-order valence-electron chi connectivity index (χ1n) is 4.77. The van der Waals surface area contributed by atoms with Crippen LogP contribution in [0, 0.1) is 0 Å². The summed E-state index contributed by atoms with van der Waals surface area (Å²) >= 11 is 3.47. The van der Waals surface area contributed by atoms with Crippen LogP contribution in [0.3, 0.4) is 0 Å². The molecular formula is C10H12BrN3O. The van der Waals surface area contributed by atoms with Gasteiger partial charge in [0.25, 0.3) is 0 Å². The minimum Gasteiger partial charge on any atom is -0.377 e. The highest BCUT2D eigenvalue weighted by molar-refractivity contribution is 9.10. The molecule has 0 N–H and O–H groups in total. The van der Waals surface area contributed by atoms with E-state index in [-0.39, 0.29) is 0 Å². The molecule has 0 aliphatic heterocycles. The summed E-state index contributed by atoms with van der Waals surface area (Å²) in [6.07, 6.45) is 0.988. The lowest BCUT2D eigenvalue weighted by molar-refractivity contribution is 0.178. The smallest absolute Gasteiger partial charge is 0.177 e. The summed E-state index contributed by atoms with van der Waals surface area (Å²) in [7, 11) is 1.64. The third-order valence-electron chi connectivity index (χ3n) is 2.18. The van der Waals surface area contributed by atoms with E-state index in [4.69, 9.17) is 4.74 Å². The van der Waals surface area contributed by atoms with Crippen LogP contribution in [-0.2, 0) is 17.8 Å². The standard InChI is InChI=1S/C10H12BrN3O/c1-3-7-4-8(11)14-10(5-7)12-9(13-14)6-15-2/h4-5H,3,6H2,1-2H3. The lowest BCUT2D eigenvalue weighted by Gasteiger charge is -1.99. The average Bonchev–Trinajstić information content (AvgIpc) is 2.61. The van der Waals surface area contributed by atoms with E-state index in [0.717, 1.165) is 16.7 Å². The number of rotatable bonds is 3. The predicted octanol–water partition coefficient (Wildman–Crippen LogP) is 2.20. The second-order valence-electron chi connectivity index (χ2n) is 3.27. The van der Waals surface area contributed by atoms with Gasteiger partial charge in [-0.15, -0.1) is 5.10 Å². The van der Waals surface area contributed by atoms with Gasteiger partial charge in [0.2, 0.25) is 0 Å². The topological polar surface area (TPSA) is 39.4 Å². The molecule has 0 atom stereocenters. The number of methoxy groups -OCH3 is 1. The molecule has 0 fully saturated rings. The van der Waals surface area contributed by atoms with E-state index in [1.165, 1.54) is 5.56 Å². The van der Waals surface area contributed by atoms with Crippen LogP contribution in [0.15, 0.2) is 16.7 Å². The van der Waals surface area contributed by atoms with Crippen molar-refractivity contribution in [3.63, 3.8) is 0 Å². The molecule has 5 heteroatoms. The number of halogens is 1. The Morgan fingerprint density at radius 1 is 1.47 bits per heavy atom. The Bertz CT molecular complexity index is 481. The maximum atomic E-state index is 5.00. The van der Waals surface area contributed by atoms with Crippen molar-refractivity contribution in [3.8, 4) is 0 Å². The van der Waals surface area contributed by atoms with Crippen LogP contribution in [0.1, 0.15) is 18.3 Å². The van der Waals surface area contributed by atoms with Crippen LogP contribution in [-0.4, -0.2) is 21.7 Å². The summed E-state index contributed by atoms with van der Waals surface area (Å²) in [6, 6.07) is 4.09. The second kappa shape index (κ2) is 4.28. The van der Waals surface area contributed by atoms with E-state index in [9.17, 15) is 0 Å². The molecule has 0 saturated heterocycles. The molecule has 2 rings (SSSR count). The van der Waals surface area contributed by atoms with Crippen LogP contribution >= 0.6 is 15.9 Å². The fourth-order valence-electron chi connectivity index (χ4n) is 1.44. The first kappa shape index (κ1) is 10.6. The van der Waals surface area contributed by atoms with Crippen molar-refractivity contribution in [2.24, 2.45) is 0 Å². The number of hydrogen-bond acceptors (Lipinski definition) is 3. The predicted molar refractivity (Wildman–Crippen MR) is 60.8 cm³/mol. The van der Waals surface area contributed by atoms with Crippen LogP contribution in [0.4, 0.5) is 0 Å². The van der Waals surface area contributed by atoms with Crippen LogP contribution < -0.4 is 0 Å². The van der Waals surface area contributed by atoms with Gasteiger partial charge >= 0.3 is 0 Å². The molecule has 0 amide bonds. The zero-order chi connectivity index (χ0) is 10.8. The van der Waals surface area contributed by atoms with Crippen molar-refractivity contribution in [1.82, 2.24) is 14.6 Å². The van der Waals surface area contributed by atoms with E-state index >= 15 is 0 Å². The molecule has 0 aliphatic carbocycles. The van der Waals surface area contributed by atoms with Gasteiger partial charge in [-0.25, -0.2) is 9.50 Å². The number of nitrogens with zero attached hydrogens (tertiary/aromatic N) is 3. The molecule has 2 aromatic heterocycles. The molecule has 0 bridgehead atoms. The van der Waals surface area contributed by atoms with Gasteiger partial charge in [-0.2, -0.15) is 0 Å². The number of aryl methyl sites for hydroxylation is 1. The van der Waals surface area contributed by atoms with Gasteiger partial charge in [0, 0.05) is 7.11 Å². The highest BCUT2D eigenvalue weighted by Gasteiger charge is 2.06. The lowest BCUT2D eigenvalue weighted by Crippen LogP contribution is -1.93. The molecule has 0 unspecified atom stereocenters. The van der Waals surface area contributed by atoms with Gasteiger partial charge in [0.15, 0.2) is 11.5 Å². The maximum Gasteiger partial charge on any atom is 0.177 e. The molecule has 15 heavy (non-hydrogen) atoms. The summed E-state index contributed by atoms with van der Waals surface area (Å²) in [6.45, 7) is 2.56. The first-order valence-corrected chi connectivity index (χ1v) is 5.57. The van der Waals surface area contributed by atoms with Crippen molar-refractivity contribution in [3.05, 3.63) is 28.1 Å². The molecule has 2 heterocycles. The molecule has 0 aromatic carbocycles. The fourth-order valence-corrected chi connectivity index (χ4v) is 1.99. The molecule has 0 spiro atoms. The van der Waals surface area contributed by atoms with Gasteiger partial charge in [-0.3, -0.25) is 0 Å². The van der Waals surface area contributed by atoms with Gasteiger partial charge < -0.3 is 4.74 Å². The normalized spacial score (nSPS) is 11.1. The fraction of sp³-hybridized carbons (Fsp3) is 0.400. The molecule has 0 saturated carbocycles. The zero-order valence-electron chi connectivity index (χ0n) is 8.70. The zero-order valence-corrected chi connectivity index (χ0v) is 10.3. The van der Waals surface area contributed by atoms with Crippen LogP contribution in [0.25, 0.3) is 5.65 Å². The summed E-state index contributed by atoms with van der Waals surface area (Å²) in [4.78, 5) is 4.37. The molecule has 80 valence electrons. The quantitative estimate of drug-likeness (QED) is 0.803. The van der Waals surface area contributed by atoms with Crippen molar-refractivity contribution < 1.29 is 4.74 Å². The minimum atomic E-state index is 0.440. The third kappa shape index (κ3) is 2.03. The van der Waals surface area contributed by atoms with E-state index in [2.05, 4.69) is 39.0 Å². The Morgan fingerprint density at radius 3 is 2.93 bits per heavy atom. The van der Waals surface area contributed by atoms with E-state index in [0.29, 0.717) is 12.4 Å². The van der Waals surface area contributed by atoms with Crippen LogP contribution in [0.5, 0.6) is 0 Å². The van der Waals surface area contributed by atoms with Gasteiger partial charge in [0.1, 0.15) is 11.2 Å². The minimum absolute atomic E-state index is 0.440. The Labute approximate surface area is 96.4 Å². The van der Waals surface area contributed by atoms with E-state index in [1.807, 2.05) is 6.07 Å². The Morgan fingerprint density at radius 2 is 2.27 bits per heavy atom. The molecule has 4 nitrogen and oxygen atoms in total. The van der Waals surface area contributed by atoms with Gasteiger partial charge in [0.05, 0.1) is 0 Å². The monoisotopic (exact) mass is 269 g/mol. The molecule has 2 aromatic rings. The Balaban J connectivity index is 2.54. The molecule has 0 radical (unpaired) electrons. The Hall–Kier alpha value is -0.940. The number of hydrogen-bond donors (Lipinski definition) is 0. The largest absolute Gasteiger partial charge is 0.377 e. The summed E-state index contributed by atoms with van der Waals surface area (Å²) in [5.41, 5.74) is 2.10. The highest BCUT2D eigenvalue weighted by atomic mass is 79.9. The highest BCUT2D eigenvalue weighted by Crippen LogP contribution is 2.16. The van der Waals surface area contributed by atoms with Crippen molar-refractivity contribution in [1.29, 1.82) is 0 Å². The van der Waals surface area contributed by atoms with Crippen LogP contribution in [0.2, 0.25) is 0 Å². The SMILES string of the molecule is CCc1cc(Br)n2nc(COC)nc2c1. The number of fused-ring (bicyclic) bond motifs is 1. The Kier molecular flexibility index (Phi) is 3.02. The second-order valence-corrected chi connectivity index (χ2v) is 4.08. The summed E-state index contributed by atoms with van der Waals surface area (Å²) < 4.78 is 7.69. The number of pyridine rings is 1. The maximum absolute atomic E-state index is 5.00. The average molecular weight is 270 g/mol. The lowest BCUT2D eigenvalue weighted by atomic mass is 10.2. The van der Waals surface area contributed by atoms with Crippen molar-refractivity contribution in [2.45, 2.75) is 20.0 Å². The van der Waals surface area contributed by atoms with Gasteiger partial charge in [-0.05, 0) is 40.0 Å². The molecular weight excluding hydrogens is 258 g/mol. The summed E-state index contributed by atoms with van der Waals surface area (Å²) in [5, 5.41) is 4.31. The third-order valence-corrected chi connectivity index (χ3v) is 2.74. The van der Waals surface area contributed by atoms with Crippen molar-refractivity contribution >= 4 is 21.6 Å². The summed E-state index contributed by atoms with van der Waals surface area (Å²) in [5.74, 6) is 0.700. The van der Waals surface area contributed by atoms with E-state index in [1.54, 1.807) is 11.6 Å². The first-order chi connectivity index (χ1) is 7.24. The number of aromatic nitrogens is 3. The molecule has 0 aliphatic rings.